The lowest BCUT2D eigenvalue weighted by Gasteiger charge is -2.13. The third kappa shape index (κ3) is 5.29. The van der Waals surface area contributed by atoms with Crippen molar-refractivity contribution in [1.29, 1.82) is 0 Å². The molecule has 0 saturated heterocycles. The molecule has 0 atom stereocenters. The van der Waals surface area contributed by atoms with Crippen LogP contribution in [0.4, 0.5) is 15.8 Å². The number of para-hydroxylation sites is 2. The van der Waals surface area contributed by atoms with E-state index in [1.165, 1.54) is 24.3 Å². The van der Waals surface area contributed by atoms with Crippen molar-refractivity contribution in [3.8, 4) is 0 Å². The SMILES string of the molecule is O=C(O)CCc1ccccc1NC(=O)c1ccccc1NC(=O)c1ccc(F)cc1. The Morgan fingerprint density at radius 3 is 2.07 bits per heavy atom. The highest BCUT2D eigenvalue weighted by molar-refractivity contribution is 6.12. The van der Waals surface area contributed by atoms with E-state index < -0.39 is 23.6 Å². The van der Waals surface area contributed by atoms with Crippen molar-refractivity contribution in [1.82, 2.24) is 0 Å². The maximum Gasteiger partial charge on any atom is 0.303 e. The second kappa shape index (κ2) is 9.47. The third-order valence-electron chi connectivity index (χ3n) is 4.40. The van der Waals surface area contributed by atoms with Crippen molar-refractivity contribution in [3.63, 3.8) is 0 Å². The number of benzene rings is 3. The van der Waals surface area contributed by atoms with Crippen LogP contribution in [-0.4, -0.2) is 22.9 Å². The smallest absolute Gasteiger partial charge is 0.303 e. The van der Waals surface area contributed by atoms with Crippen molar-refractivity contribution in [3.05, 3.63) is 95.3 Å². The number of hydrogen-bond acceptors (Lipinski definition) is 3. The number of nitrogens with one attached hydrogen (secondary N) is 2. The predicted octanol–water partition coefficient (Wildman–Crippen LogP) is 4.35. The molecule has 3 aromatic carbocycles. The Kier molecular flexibility index (Phi) is 6.54. The van der Waals surface area contributed by atoms with Crippen molar-refractivity contribution >= 4 is 29.2 Å². The van der Waals surface area contributed by atoms with Gasteiger partial charge in [-0.3, -0.25) is 14.4 Å². The van der Waals surface area contributed by atoms with Gasteiger partial charge >= 0.3 is 5.97 Å². The van der Waals surface area contributed by atoms with Crippen molar-refractivity contribution in [2.75, 3.05) is 10.6 Å². The molecule has 152 valence electrons. The molecule has 0 saturated carbocycles. The van der Waals surface area contributed by atoms with E-state index in [2.05, 4.69) is 10.6 Å². The van der Waals surface area contributed by atoms with Crippen LogP contribution in [0.1, 0.15) is 32.7 Å². The van der Waals surface area contributed by atoms with Gasteiger partial charge < -0.3 is 15.7 Å². The summed E-state index contributed by atoms with van der Waals surface area (Å²) < 4.78 is 13.1. The molecule has 7 heteroatoms. The zero-order chi connectivity index (χ0) is 21.5. The highest BCUT2D eigenvalue weighted by atomic mass is 19.1. The van der Waals surface area contributed by atoms with Crippen LogP contribution in [0, 0.1) is 5.82 Å². The summed E-state index contributed by atoms with van der Waals surface area (Å²) in [6.45, 7) is 0. The summed E-state index contributed by atoms with van der Waals surface area (Å²) in [4.78, 5) is 36.2. The van der Waals surface area contributed by atoms with Gasteiger partial charge in [0.2, 0.25) is 0 Å². The number of aliphatic carboxylic acids is 1. The van der Waals surface area contributed by atoms with E-state index in [0.717, 1.165) is 0 Å². The zero-order valence-corrected chi connectivity index (χ0v) is 15.9. The average Bonchev–Trinajstić information content (AvgIpc) is 2.74. The summed E-state index contributed by atoms with van der Waals surface area (Å²) in [6.07, 6.45) is 0.214. The Balaban J connectivity index is 1.79. The van der Waals surface area contributed by atoms with Crippen LogP contribution >= 0.6 is 0 Å². The Labute approximate surface area is 172 Å². The number of rotatable bonds is 7. The molecule has 0 aliphatic carbocycles. The maximum absolute atomic E-state index is 13.1. The second-order valence-corrected chi connectivity index (χ2v) is 6.51. The van der Waals surface area contributed by atoms with Crippen molar-refractivity contribution < 1.29 is 23.9 Å². The number of anilines is 2. The van der Waals surface area contributed by atoms with E-state index in [1.807, 2.05) is 0 Å². The molecule has 30 heavy (non-hydrogen) atoms. The van der Waals surface area contributed by atoms with Crippen molar-refractivity contribution in [2.24, 2.45) is 0 Å². The van der Waals surface area contributed by atoms with E-state index >= 15 is 0 Å². The van der Waals surface area contributed by atoms with Gasteiger partial charge in [0, 0.05) is 17.7 Å². The number of amides is 2. The zero-order valence-electron chi connectivity index (χ0n) is 15.9. The minimum absolute atomic E-state index is 0.0583. The summed E-state index contributed by atoms with van der Waals surface area (Å²) in [5, 5.41) is 14.4. The number of aryl methyl sites for hydroxylation is 1. The first-order valence-electron chi connectivity index (χ1n) is 9.21. The van der Waals surface area contributed by atoms with E-state index in [1.54, 1.807) is 48.5 Å². The molecule has 0 aromatic heterocycles. The van der Waals surface area contributed by atoms with Gasteiger partial charge in [0.05, 0.1) is 11.3 Å². The first-order valence-corrected chi connectivity index (χ1v) is 9.21. The number of hydrogen-bond donors (Lipinski definition) is 3. The summed E-state index contributed by atoms with van der Waals surface area (Å²) in [7, 11) is 0. The van der Waals surface area contributed by atoms with Crippen molar-refractivity contribution in [2.45, 2.75) is 12.8 Å². The van der Waals surface area contributed by atoms with Crippen LogP contribution in [0.2, 0.25) is 0 Å². The number of carbonyl (C=O) groups is 3. The van der Waals surface area contributed by atoms with Gasteiger partial charge in [-0.2, -0.15) is 0 Å². The van der Waals surface area contributed by atoms with Gasteiger partial charge in [-0.15, -0.1) is 0 Å². The van der Waals surface area contributed by atoms with Gasteiger partial charge in [-0.1, -0.05) is 30.3 Å². The van der Waals surface area contributed by atoms with Crippen LogP contribution in [-0.2, 0) is 11.2 Å². The first-order chi connectivity index (χ1) is 14.4. The standard InChI is InChI=1S/C23H19FN2O4/c24-17-12-9-16(10-13-17)22(29)26-20-8-4-2-6-18(20)23(30)25-19-7-3-1-5-15(19)11-14-21(27)28/h1-10,12-13H,11,14H2,(H,25,30)(H,26,29)(H,27,28). The molecule has 0 spiro atoms. The van der Waals surface area contributed by atoms with Gasteiger partial charge in [0.25, 0.3) is 11.8 Å². The van der Waals surface area contributed by atoms with E-state index in [4.69, 9.17) is 5.11 Å². The predicted molar refractivity (Wildman–Crippen MR) is 111 cm³/mol. The number of carbonyl (C=O) groups excluding carboxylic acids is 2. The topological polar surface area (TPSA) is 95.5 Å². The van der Waals surface area contributed by atoms with Crippen LogP contribution in [0.5, 0.6) is 0 Å². The minimum atomic E-state index is -0.926. The van der Waals surface area contributed by atoms with Crippen LogP contribution in [0.15, 0.2) is 72.8 Å². The van der Waals surface area contributed by atoms with E-state index in [0.29, 0.717) is 16.9 Å². The van der Waals surface area contributed by atoms with E-state index in [9.17, 15) is 18.8 Å². The normalized spacial score (nSPS) is 10.3. The lowest BCUT2D eigenvalue weighted by molar-refractivity contribution is -0.136. The third-order valence-corrected chi connectivity index (χ3v) is 4.40. The fourth-order valence-corrected chi connectivity index (χ4v) is 2.88. The lowest BCUT2D eigenvalue weighted by Crippen LogP contribution is -2.19. The highest BCUT2D eigenvalue weighted by Gasteiger charge is 2.16. The second-order valence-electron chi connectivity index (χ2n) is 6.51. The Hall–Kier alpha value is -4.00. The molecule has 0 aliphatic heterocycles. The maximum atomic E-state index is 13.1. The molecule has 2 amide bonds. The minimum Gasteiger partial charge on any atom is -0.481 e. The average molecular weight is 406 g/mol. The summed E-state index contributed by atoms with van der Waals surface area (Å²) in [5.41, 5.74) is 1.99. The molecule has 0 bridgehead atoms. The molecule has 0 aliphatic rings. The van der Waals surface area contributed by atoms with Gasteiger partial charge in [0.15, 0.2) is 0 Å². The van der Waals surface area contributed by atoms with Gasteiger partial charge in [0.1, 0.15) is 5.82 Å². The Morgan fingerprint density at radius 2 is 1.37 bits per heavy atom. The number of halogens is 1. The molecule has 0 fully saturated rings. The molecule has 0 radical (unpaired) electrons. The number of carboxylic acids is 1. The molecule has 0 heterocycles. The Bertz CT molecular complexity index is 1080. The van der Waals surface area contributed by atoms with Crippen LogP contribution < -0.4 is 10.6 Å². The first kappa shape index (κ1) is 20.7. The lowest BCUT2D eigenvalue weighted by atomic mass is 10.1. The summed E-state index contributed by atoms with van der Waals surface area (Å²) in [5.74, 6) is -2.30. The molecule has 6 nitrogen and oxygen atoms in total. The monoisotopic (exact) mass is 406 g/mol. The fourth-order valence-electron chi connectivity index (χ4n) is 2.88. The van der Waals surface area contributed by atoms with Gasteiger partial charge in [-0.25, -0.2) is 4.39 Å². The Morgan fingerprint density at radius 1 is 0.767 bits per heavy atom. The summed E-state index contributed by atoms with van der Waals surface area (Å²) >= 11 is 0. The van der Waals surface area contributed by atoms with E-state index in [-0.39, 0.29) is 24.0 Å². The van der Waals surface area contributed by atoms with Crippen LogP contribution in [0.25, 0.3) is 0 Å². The largest absolute Gasteiger partial charge is 0.481 e. The van der Waals surface area contributed by atoms with Gasteiger partial charge in [-0.05, 0) is 54.4 Å². The fraction of sp³-hybridized carbons (Fsp3) is 0.0870. The summed E-state index contributed by atoms with van der Waals surface area (Å²) in [6, 6.07) is 18.5. The number of carboxylic acid groups (broad SMARTS) is 1. The molecule has 3 aromatic rings. The molecule has 3 rings (SSSR count). The molecule has 0 unspecified atom stereocenters. The quantitative estimate of drug-likeness (QED) is 0.544. The van der Waals surface area contributed by atoms with Crippen LogP contribution in [0.3, 0.4) is 0 Å². The highest BCUT2D eigenvalue weighted by Crippen LogP contribution is 2.21. The molecular weight excluding hydrogens is 387 g/mol. The molecule has 3 N–H and O–H groups in total. The molecular formula is C23H19FN2O4.